The molecule has 13 nitrogen and oxygen atoms in total. The molecule has 1 aromatic carbocycles. The average molecular weight is 780 g/mol. The summed E-state index contributed by atoms with van der Waals surface area (Å²) in [5.41, 5.74) is 7.02. The van der Waals surface area contributed by atoms with Gasteiger partial charge in [0.2, 0.25) is 27.7 Å². The van der Waals surface area contributed by atoms with Crippen LogP contribution in [0.1, 0.15) is 91.7 Å². The molecule has 0 spiro atoms. The van der Waals surface area contributed by atoms with Gasteiger partial charge in [-0.3, -0.25) is 28.8 Å². The number of nitrogens with one attached hydrogen (secondary N) is 1. The summed E-state index contributed by atoms with van der Waals surface area (Å²) in [5.74, 6) is -2.88. The predicted molar refractivity (Wildman–Crippen MR) is 211 cm³/mol. The zero-order chi connectivity index (χ0) is 41.1. The fraction of sp³-hybridized carbons (Fsp3) is 0.750. The van der Waals surface area contributed by atoms with Crippen LogP contribution in [0, 0.1) is 29.6 Å². The van der Waals surface area contributed by atoms with Gasteiger partial charge in [-0.2, -0.15) is 0 Å². The van der Waals surface area contributed by atoms with Gasteiger partial charge in [0, 0.05) is 46.7 Å². The molecule has 0 radical (unpaired) electrons. The number of nitrogens with two attached hydrogens (primary N) is 1. The maximum absolute atomic E-state index is 14.3. The van der Waals surface area contributed by atoms with Crippen molar-refractivity contribution >= 4 is 33.5 Å². The number of amides is 3. The summed E-state index contributed by atoms with van der Waals surface area (Å²) in [6.45, 7) is 14.4. The van der Waals surface area contributed by atoms with Gasteiger partial charge < -0.3 is 25.0 Å². The van der Waals surface area contributed by atoms with Crippen molar-refractivity contribution in [2.24, 2.45) is 35.3 Å². The molecular weight excluding hydrogens is 711 g/mol. The van der Waals surface area contributed by atoms with Crippen LogP contribution in [0.2, 0.25) is 0 Å². The van der Waals surface area contributed by atoms with Gasteiger partial charge in [0.25, 0.3) is 0 Å². The number of ether oxygens (including phenoxy) is 2. The third kappa shape index (κ3) is 12.6. The maximum atomic E-state index is 14.3. The number of carbonyl (C=O) groups is 4. The van der Waals surface area contributed by atoms with Crippen molar-refractivity contribution in [3.63, 3.8) is 0 Å². The highest BCUT2D eigenvalue weighted by atomic mass is 32.2. The van der Waals surface area contributed by atoms with Crippen LogP contribution in [-0.2, 0) is 51.0 Å². The Morgan fingerprint density at radius 1 is 0.926 bits per heavy atom. The molecule has 2 rings (SSSR count). The number of rotatable bonds is 22. The van der Waals surface area contributed by atoms with E-state index in [-0.39, 0.29) is 60.0 Å². The molecule has 1 aromatic rings. The number of sulfonamides is 1. The number of carbonyl (C=O) groups excluding carboxylic acids is 4. The lowest BCUT2D eigenvalue weighted by atomic mass is 9.83. The summed E-state index contributed by atoms with van der Waals surface area (Å²) in [4.78, 5) is 60.6. The Hall–Kier alpha value is -2.91. The summed E-state index contributed by atoms with van der Waals surface area (Å²) in [7, 11) is 4.48. The molecule has 1 fully saturated rings. The Bertz CT molecular complexity index is 1480. The lowest BCUT2D eigenvalue weighted by Crippen LogP contribution is -2.54. The molecule has 308 valence electrons. The molecule has 3 N–H and O–H groups in total. The third-order valence-electron chi connectivity index (χ3n) is 11.2. The molecule has 0 bridgehead atoms. The van der Waals surface area contributed by atoms with E-state index in [2.05, 4.69) is 4.72 Å². The first-order chi connectivity index (χ1) is 25.2. The predicted octanol–water partition coefficient (Wildman–Crippen LogP) is 3.83. The van der Waals surface area contributed by atoms with Gasteiger partial charge in [-0.25, -0.2) is 8.42 Å². The van der Waals surface area contributed by atoms with Gasteiger partial charge in [-0.05, 0) is 55.8 Å². The van der Waals surface area contributed by atoms with Gasteiger partial charge in [0.15, 0.2) is 5.78 Å². The molecule has 54 heavy (non-hydrogen) atoms. The van der Waals surface area contributed by atoms with Crippen molar-refractivity contribution in [3.05, 3.63) is 35.4 Å². The molecule has 1 saturated heterocycles. The zero-order valence-corrected chi connectivity index (χ0v) is 35.6. The van der Waals surface area contributed by atoms with Crippen LogP contribution >= 0.6 is 0 Å². The molecular formula is C40H69N5O8S. The monoisotopic (exact) mass is 779 g/mol. The Morgan fingerprint density at radius 3 is 2.00 bits per heavy atom. The van der Waals surface area contributed by atoms with Gasteiger partial charge in [-0.15, -0.1) is 0 Å². The normalized spacial score (nSPS) is 19.0. The number of methoxy groups -OCH3 is 2. The first kappa shape index (κ1) is 47.2. The molecule has 14 heteroatoms. The molecule has 1 heterocycles. The fourth-order valence-electron chi connectivity index (χ4n) is 8.04. The van der Waals surface area contributed by atoms with E-state index in [1.54, 1.807) is 48.0 Å². The lowest BCUT2D eigenvalue weighted by molar-refractivity contribution is -0.149. The van der Waals surface area contributed by atoms with Crippen LogP contribution in [0.15, 0.2) is 24.3 Å². The smallest absolute Gasteiger partial charge is 0.239 e. The summed E-state index contributed by atoms with van der Waals surface area (Å²) in [6, 6.07) is 5.59. The molecule has 0 aliphatic carbocycles. The summed E-state index contributed by atoms with van der Waals surface area (Å²) in [5, 5.41) is 0. The fourth-order valence-corrected chi connectivity index (χ4v) is 9.24. The number of nitrogens with zero attached hydrogens (tertiary/aromatic N) is 3. The minimum Gasteiger partial charge on any atom is -0.379 e. The largest absolute Gasteiger partial charge is 0.379 e. The van der Waals surface area contributed by atoms with Gasteiger partial charge in [0.1, 0.15) is 0 Å². The van der Waals surface area contributed by atoms with Crippen LogP contribution in [0.5, 0.6) is 0 Å². The minimum atomic E-state index is -4.02. The van der Waals surface area contributed by atoms with Gasteiger partial charge in [-0.1, -0.05) is 79.2 Å². The SMILES string of the molecule is CC[C@H](C)[C@@H]([C@@H](CC(=O)N1CCC[C@H]1[C@H](OC)[C@@H](C)C(=O)NS(=O)(=O)Cc1ccc(CN)cc1)OC)N(C)C(=O)[C@@H](CC(=O)[C@H](C(C)C)N(C)C)C(C)C. The number of ketones is 1. The van der Waals surface area contributed by atoms with Crippen LogP contribution in [0.4, 0.5) is 0 Å². The van der Waals surface area contributed by atoms with E-state index in [0.29, 0.717) is 31.5 Å². The molecule has 8 atom stereocenters. The van der Waals surface area contributed by atoms with Gasteiger partial charge in [0.05, 0.1) is 48.4 Å². The maximum Gasteiger partial charge on any atom is 0.239 e. The molecule has 0 saturated carbocycles. The second-order valence-electron chi connectivity index (χ2n) is 16.0. The second kappa shape index (κ2) is 21.4. The Kier molecular flexibility index (Phi) is 18.7. The summed E-state index contributed by atoms with van der Waals surface area (Å²) >= 11 is 0. The highest BCUT2D eigenvalue weighted by Crippen LogP contribution is 2.31. The minimum absolute atomic E-state index is 0.0186. The zero-order valence-electron chi connectivity index (χ0n) is 34.8. The van der Waals surface area contributed by atoms with Gasteiger partial charge >= 0.3 is 0 Å². The highest BCUT2D eigenvalue weighted by molar-refractivity contribution is 7.89. The number of hydrogen-bond acceptors (Lipinski definition) is 10. The molecule has 1 aliphatic heterocycles. The quantitative estimate of drug-likeness (QED) is 0.177. The van der Waals surface area contributed by atoms with Crippen LogP contribution < -0.4 is 10.5 Å². The van der Waals surface area contributed by atoms with Crippen LogP contribution in [-0.4, -0.2) is 119 Å². The molecule has 0 aromatic heterocycles. The number of Topliss-reactive ketones (excluding diaryl/α,β-unsaturated/α-hetero) is 1. The standard InChI is InChI=1S/C40H69N5O8S/c1-13-27(6)37(44(10)40(49)31(25(2)3)21-33(46)36(26(4)5)43(8)9)34(52-11)22-35(47)45-20-14-15-32(45)38(53-12)28(7)39(48)42-54(50,51)24-30-18-16-29(23-41)17-19-30/h16-19,25-28,31-32,34,36-38H,13-15,20-24,41H2,1-12H3,(H,42,48)/t27-,28+,31-,32-,34+,36-,37-,38+/m0/s1. The van der Waals surface area contributed by atoms with Crippen molar-refractivity contribution in [2.45, 2.75) is 123 Å². The van der Waals surface area contributed by atoms with E-state index in [1.807, 2.05) is 60.5 Å². The van der Waals surface area contributed by atoms with Crippen molar-refractivity contribution in [2.75, 3.05) is 41.9 Å². The third-order valence-corrected chi connectivity index (χ3v) is 12.4. The van der Waals surface area contributed by atoms with E-state index < -0.39 is 52.1 Å². The summed E-state index contributed by atoms with van der Waals surface area (Å²) < 4.78 is 39.9. The Balaban J connectivity index is 2.26. The average Bonchev–Trinajstić information content (AvgIpc) is 3.59. The number of benzene rings is 1. The van der Waals surface area contributed by atoms with E-state index in [9.17, 15) is 27.6 Å². The number of likely N-dealkylation sites (N-methyl/N-ethyl adjacent to an activating group) is 2. The number of hydrogen-bond donors (Lipinski definition) is 2. The van der Waals surface area contributed by atoms with Crippen LogP contribution in [0.3, 0.4) is 0 Å². The first-order valence-electron chi connectivity index (χ1n) is 19.4. The molecule has 3 amide bonds. The second-order valence-corrected chi connectivity index (χ2v) is 17.7. The number of likely N-dealkylation sites (tertiary alicyclic amines) is 1. The molecule has 0 unspecified atom stereocenters. The van der Waals surface area contributed by atoms with Crippen molar-refractivity contribution in [3.8, 4) is 0 Å². The topological polar surface area (TPSA) is 169 Å². The lowest BCUT2D eigenvalue weighted by Gasteiger charge is -2.41. The van der Waals surface area contributed by atoms with Crippen molar-refractivity contribution in [1.82, 2.24) is 19.4 Å². The molecule has 1 aliphatic rings. The highest BCUT2D eigenvalue weighted by Gasteiger charge is 2.43. The Labute approximate surface area is 325 Å². The Morgan fingerprint density at radius 2 is 1.52 bits per heavy atom. The van der Waals surface area contributed by atoms with E-state index >= 15 is 0 Å². The van der Waals surface area contributed by atoms with Crippen LogP contribution in [0.25, 0.3) is 0 Å². The van der Waals surface area contributed by atoms with Crippen molar-refractivity contribution in [1.29, 1.82) is 0 Å². The van der Waals surface area contributed by atoms with E-state index in [0.717, 1.165) is 12.0 Å². The first-order valence-corrected chi connectivity index (χ1v) is 21.0. The summed E-state index contributed by atoms with van der Waals surface area (Å²) in [6.07, 6.45) is 0.658. The van der Waals surface area contributed by atoms with E-state index in [1.165, 1.54) is 14.2 Å². The van der Waals surface area contributed by atoms with Crippen molar-refractivity contribution < 1.29 is 37.1 Å². The van der Waals surface area contributed by atoms with E-state index in [4.69, 9.17) is 15.2 Å².